The van der Waals surface area contributed by atoms with Crippen molar-refractivity contribution in [2.24, 2.45) is 0 Å². The van der Waals surface area contributed by atoms with E-state index < -0.39 is 25.8 Å². The second-order valence-corrected chi connectivity index (χ2v) is 10.7. The van der Waals surface area contributed by atoms with Gasteiger partial charge in [0.05, 0.1) is 26.0 Å². The second kappa shape index (κ2) is 16.3. The molecular weight excluding hydrogens is 501 g/mol. The van der Waals surface area contributed by atoms with Gasteiger partial charge in [0, 0.05) is 26.2 Å². The van der Waals surface area contributed by atoms with Crippen LogP contribution in [0.5, 0.6) is 0 Å². The summed E-state index contributed by atoms with van der Waals surface area (Å²) in [6.07, 6.45) is 0.559. The van der Waals surface area contributed by atoms with Crippen molar-refractivity contribution in [3.8, 4) is 0 Å². The van der Waals surface area contributed by atoms with Gasteiger partial charge in [-0.1, -0.05) is 43.7 Å². The molecule has 12 heteroatoms. The molecule has 0 aromatic heterocycles. The molecule has 1 saturated heterocycles. The molecule has 1 heterocycles. The van der Waals surface area contributed by atoms with Gasteiger partial charge in [0.25, 0.3) is 0 Å². The van der Waals surface area contributed by atoms with Crippen LogP contribution in [0, 0.1) is 0 Å². The molecule has 1 aromatic carbocycles. The highest BCUT2D eigenvalue weighted by molar-refractivity contribution is 7.53. The summed E-state index contributed by atoms with van der Waals surface area (Å²) < 4.78 is 34.2. The van der Waals surface area contributed by atoms with E-state index in [-0.39, 0.29) is 51.4 Å². The predicted molar refractivity (Wildman–Crippen MR) is 138 cm³/mol. The summed E-state index contributed by atoms with van der Waals surface area (Å²) in [5.74, 6) is -0.352. The van der Waals surface area contributed by atoms with E-state index >= 15 is 0 Å². The summed E-state index contributed by atoms with van der Waals surface area (Å²) in [6, 6.07) is 8.17. The SMILES string of the molecule is CCCCOC(=O)N1CCN(C(=O)[C@@H](CCP(=O)(OCC)OCC)NC(=O)OCc2ccccc2)CC1. The quantitative estimate of drug-likeness (QED) is 0.277. The average Bonchev–Trinajstić information content (AvgIpc) is 2.90. The highest BCUT2D eigenvalue weighted by Crippen LogP contribution is 2.48. The van der Waals surface area contributed by atoms with E-state index in [2.05, 4.69) is 5.32 Å². The zero-order valence-corrected chi connectivity index (χ0v) is 23.0. The Balaban J connectivity index is 2.01. The average molecular weight is 542 g/mol. The lowest BCUT2D eigenvalue weighted by atomic mass is 10.1. The molecule has 37 heavy (non-hydrogen) atoms. The van der Waals surface area contributed by atoms with E-state index in [1.165, 1.54) is 0 Å². The molecule has 1 fully saturated rings. The maximum Gasteiger partial charge on any atom is 0.409 e. The summed E-state index contributed by atoms with van der Waals surface area (Å²) in [4.78, 5) is 41.3. The Labute approximate surface area is 219 Å². The molecule has 0 unspecified atom stereocenters. The lowest BCUT2D eigenvalue weighted by Gasteiger charge is -2.36. The number of hydrogen-bond donors (Lipinski definition) is 1. The third-order valence-electron chi connectivity index (χ3n) is 5.72. The predicted octanol–water partition coefficient (Wildman–Crippen LogP) is 4.02. The number of amides is 3. The fourth-order valence-electron chi connectivity index (χ4n) is 3.74. The van der Waals surface area contributed by atoms with Crippen LogP contribution in [0.1, 0.15) is 45.6 Å². The number of nitrogens with one attached hydrogen (secondary N) is 1. The molecule has 1 N–H and O–H groups in total. The molecule has 2 rings (SSSR count). The number of nitrogens with zero attached hydrogens (tertiary/aromatic N) is 2. The largest absolute Gasteiger partial charge is 0.449 e. The number of unbranched alkanes of at least 4 members (excludes halogenated alkanes) is 1. The van der Waals surface area contributed by atoms with Crippen molar-refractivity contribution < 1.29 is 37.5 Å². The van der Waals surface area contributed by atoms with Crippen molar-refractivity contribution in [1.29, 1.82) is 0 Å². The van der Waals surface area contributed by atoms with Crippen LogP contribution in [0.25, 0.3) is 0 Å². The molecule has 1 aromatic rings. The number of piperazine rings is 1. The van der Waals surface area contributed by atoms with Gasteiger partial charge in [0.2, 0.25) is 5.91 Å². The normalized spacial score (nSPS) is 14.7. The van der Waals surface area contributed by atoms with Crippen molar-refractivity contribution in [2.45, 2.75) is 52.7 Å². The van der Waals surface area contributed by atoms with Gasteiger partial charge in [-0.3, -0.25) is 9.36 Å². The molecule has 0 aliphatic carbocycles. The highest BCUT2D eigenvalue weighted by Gasteiger charge is 2.33. The maximum absolute atomic E-state index is 13.4. The van der Waals surface area contributed by atoms with E-state index in [1.54, 1.807) is 23.6 Å². The van der Waals surface area contributed by atoms with Crippen LogP contribution < -0.4 is 5.32 Å². The van der Waals surface area contributed by atoms with E-state index in [9.17, 15) is 18.9 Å². The van der Waals surface area contributed by atoms with Gasteiger partial charge in [-0.15, -0.1) is 0 Å². The van der Waals surface area contributed by atoms with Gasteiger partial charge < -0.3 is 33.6 Å². The van der Waals surface area contributed by atoms with Crippen LogP contribution in [0.15, 0.2) is 30.3 Å². The number of ether oxygens (including phenoxy) is 2. The van der Waals surface area contributed by atoms with Gasteiger partial charge >= 0.3 is 19.8 Å². The van der Waals surface area contributed by atoms with Crippen molar-refractivity contribution in [3.05, 3.63) is 35.9 Å². The summed E-state index contributed by atoms with van der Waals surface area (Å²) >= 11 is 0. The van der Waals surface area contributed by atoms with E-state index in [0.717, 1.165) is 18.4 Å². The zero-order valence-electron chi connectivity index (χ0n) is 22.1. The minimum Gasteiger partial charge on any atom is -0.449 e. The van der Waals surface area contributed by atoms with Gasteiger partial charge in [0.15, 0.2) is 0 Å². The van der Waals surface area contributed by atoms with Crippen molar-refractivity contribution in [2.75, 3.05) is 52.2 Å². The van der Waals surface area contributed by atoms with Crippen molar-refractivity contribution >= 4 is 25.7 Å². The van der Waals surface area contributed by atoms with E-state index in [1.807, 2.05) is 37.3 Å². The Morgan fingerprint density at radius 2 is 1.57 bits per heavy atom. The fraction of sp³-hybridized carbons (Fsp3) is 0.640. The molecule has 0 radical (unpaired) electrons. The first kappa shape index (κ1) is 30.6. The lowest BCUT2D eigenvalue weighted by molar-refractivity contribution is -0.135. The molecule has 3 amide bonds. The maximum atomic E-state index is 13.4. The number of hydrogen-bond acceptors (Lipinski definition) is 8. The van der Waals surface area contributed by atoms with Gasteiger partial charge in [0.1, 0.15) is 12.6 Å². The molecular formula is C25H40N3O8P. The first-order valence-electron chi connectivity index (χ1n) is 12.9. The summed E-state index contributed by atoms with van der Waals surface area (Å²) in [5, 5.41) is 2.62. The molecule has 0 saturated carbocycles. The number of carbonyl (C=O) groups excluding carboxylic acids is 3. The Hall–Kier alpha value is -2.62. The molecule has 1 atom stereocenters. The summed E-state index contributed by atoms with van der Waals surface area (Å²) in [7, 11) is -3.43. The van der Waals surface area contributed by atoms with Gasteiger partial charge in [-0.2, -0.15) is 0 Å². The Bertz CT molecular complexity index is 883. The van der Waals surface area contributed by atoms with E-state index in [4.69, 9.17) is 18.5 Å². The van der Waals surface area contributed by atoms with Crippen LogP contribution in [-0.4, -0.2) is 86.1 Å². The van der Waals surface area contributed by atoms with Crippen LogP contribution >= 0.6 is 7.60 Å². The summed E-state index contributed by atoms with van der Waals surface area (Å²) in [5.41, 5.74) is 0.805. The first-order chi connectivity index (χ1) is 17.8. The van der Waals surface area contributed by atoms with Gasteiger partial charge in [-0.25, -0.2) is 9.59 Å². The van der Waals surface area contributed by atoms with Crippen molar-refractivity contribution in [1.82, 2.24) is 15.1 Å². The number of carbonyl (C=O) groups is 3. The zero-order chi connectivity index (χ0) is 27.1. The highest BCUT2D eigenvalue weighted by atomic mass is 31.2. The van der Waals surface area contributed by atoms with Crippen LogP contribution in [0.3, 0.4) is 0 Å². The van der Waals surface area contributed by atoms with Crippen molar-refractivity contribution in [3.63, 3.8) is 0 Å². The molecule has 11 nitrogen and oxygen atoms in total. The molecule has 0 bridgehead atoms. The van der Waals surface area contributed by atoms with Crippen LogP contribution in [0.2, 0.25) is 0 Å². The summed E-state index contributed by atoms with van der Waals surface area (Å²) in [6.45, 7) is 7.44. The van der Waals surface area contributed by atoms with Crippen LogP contribution in [-0.2, 0) is 34.5 Å². The van der Waals surface area contributed by atoms with Gasteiger partial charge in [-0.05, 0) is 32.3 Å². The third kappa shape index (κ3) is 10.7. The Morgan fingerprint density at radius 3 is 2.16 bits per heavy atom. The topological polar surface area (TPSA) is 124 Å². The Morgan fingerprint density at radius 1 is 0.946 bits per heavy atom. The fourth-order valence-corrected chi connectivity index (χ4v) is 5.43. The molecule has 1 aliphatic rings. The molecule has 208 valence electrons. The standard InChI is InChI=1S/C25H40N3O8P/c1-4-7-18-33-25(31)28-16-14-27(15-17-28)23(29)22(13-19-37(32,35-5-2)36-6-3)26-24(30)34-20-21-11-9-8-10-12-21/h8-12,22H,4-7,13-20H2,1-3H3,(H,26,30)/t22-/m1/s1. The Kier molecular flexibility index (Phi) is 13.5. The number of alkyl carbamates (subject to hydrolysis) is 1. The minimum atomic E-state index is -3.43. The molecule has 1 aliphatic heterocycles. The first-order valence-corrected chi connectivity index (χ1v) is 14.6. The monoisotopic (exact) mass is 541 g/mol. The number of rotatable bonds is 14. The molecule has 0 spiro atoms. The lowest BCUT2D eigenvalue weighted by Crippen LogP contribution is -2.56. The second-order valence-electron chi connectivity index (χ2n) is 8.50. The third-order valence-corrected chi connectivity index (χ3v) is 7.83. The van der Waals surface area contributed by atoms with E-state index in [0.29, 0.717) is 19.7 Å². The van der Waals surface area contributed by atoms with Crippen LogP contribution in [0.4, 0.5) is 9.59 Å². The smallest absolute Gasteiger partial charge is 0.409 e. The number of benzene rings is 1. The minimum absolute atomic E-state index is 0.0375.